The van der Waals surface area contributed by atoms with Gasteiger partial charge in [0, 0.05) is 6.54 Å². The normalized spacial score (nSPS) is 10.7. The molecular weight excluding hydrogens is 330 g/mol. The summed E-state index contributed by atoms with van der Waals surface area (Å²) in [7, 11) is 1.60. The summed E-state index contributed by atoms with van der Waals surface area (Å²) in [5.74, 6) is 1.74. The minimum Gasteiger partial charge on any atom is -0.493 e. The maximum absolute atomic E-state index is 12.5. The average Bonchev–Trinajstić information content (AvgIpc) is 2.60. The maximum Gasteiger partial charge on any atom is 0.255 e. The first-order chi connectivity index (χ1) is 12.4. The third-order valence-electron chi connectivity index (χ3n) is 3.54. The van der Waals surface area contributed by atoms with Crippen LogP contribution in [0.5, 0.6) is 17.2 Å². The zero-order valence-electron chi connectivity index (χ0n) is 16.0. The molecule has 2 rings (SSSR count). The van der Waals surface area contributed by atoms with Gasteiger partial charge in [0.2, 0.25) is 0 Å². The minimum atomic E-state index is -0.178. The molecule has 0 aromatic heterocycles. The van der Waals surface area contributed by atoms with Crippen molar-refractivity contribution in [3.63, 3.8) is 0 Å². The summed E-state index contributed by atoms with van der Waals surface area (Å²) < 4.78 is 16.8. The molecule has 1 N–H and O–H groups in total. The number of carbonyl (C=O) groups excluding carboxylic acids is 1. The highest BCUT2D eigenvalue weighted by Gasteiger charge is 2.13. The number of nitrogens with one attached hydrogen (secondary N) is 1. The molecule has 0 aliphatic carbocycles. The Balaban J connectivity index is 2.08. The van der Waals surface area contributed by atoms with Gasteiger partial charge >= 0.3 is 0 Å². The molecule has 0 fully saturated rings. The molecule has 0 saturated carbocycles. The Hall–Kier alpha value is -2.69. The van der Waals surface area contributed by atoms with Crippen LogP contribution in [0.2, 0.25) is 0 Å². The summed E-state index contributed by atoms with van der Waals surface area (Å²) in [5.41, 5.74) is 1.45. The van der Waals surface area contributed by atoms with Gasteiger partial charge in [-0.2, -0.15) is 0 Å². The van der Waals surface area contributed by atoms with Crippen molar-refractivity contribution in [2.75, 3.05) is 7.11 Å². The fourth-order valence-corrected chi connectivity index (χ4v) is 2.46. The van der Waals surface area contributed by atoms with Gasteiger partial charge in [-0.25, -0.2) is 0 Å². The van der Waals surface area contributed by atoms with Crippen LogP contribution in [0, 0.1) is 0 Å². The number of para-hydroxylation sites is 1. The first kappa shape index (κ1) is 19.6. The first-order valence-corrected chi connectivity index (χ1v) is 8.78. The molecule has 5 nitrogen and oxygen atoms in total. The summed E-state index contributed by atoms with van der Waals surface area (Å²) in [4.78, 5) is 12.5. The Labute approximate surface area is 155 Å². The van der Waals surface area contributed by atoms with Crippen LogP contribution in [-0.2, 0) is 6.54 Å². The van der Waals surface area contributed by atoms with Crippen LogP contribution in [0.4, 0.5) is 0 Å². The van der Waals surface area contributed by atoms with Gasteiger partial charge in [0.05, 0.1) is 24.9 Å². The molecule has 0 aliphatic heterocycles. The summed E-state index contributed by atoms with van der Waals surface area (Å²) >= 11 is 0. The fraction of sp³-hybridized carbons (Fsp3) is 0.381. The van der Waals surface area contributed by atoms with Crippen LogP contribution in [-0.4, -0.2) is 25.2 Å². The van der Waals surface area contributed by atoms with E-state index in [9.17, 15) is 4.79 Å². The Morgan fingerprint density at radius 2 is 1.58 bits per heavy atom. The Morgan fingerprint density at radius 1 is 0.923 bits per heavy atom. The number of amides is 1. The third-order valence-corrected chi connectivity index (χ3v) is 3.54. The number of hydrogen-bond donors (Lipinski definition) is 1. The first-order valence-electron chi connectivity index (χ1n) is 8.78. The Kier molecular flexibility index (Phi) is 6.89. The molecule has 5 heteroatoms. The minimum absolute atomic E-state index is 0.00159. The molecular formula is C21H27NO4. The van der Waals surface area contributed by atoms with Crippen molar-refractivity contribution < 1.29 is 19.0 Å². The van der Waals surface area contributed by atoms with Gasteiger partial charge in [0.1, 0.15) is 5.75 Å². The van der Waals surface area contributed by atoms with Gasteiger partial charge in [-0.05, 0) is 57.5 Å². The number of ether oxygens (including phenoxy) is 3. The van der Waals surface area contributed by atoms with E-state index in [0.717, 1.165) is 5.56 Å². The molecule has 0 spiro atoms. The van der Waals surface area contributed by atoms with Crippen LogP contribution in [0.3, 0.4) is 0 Å². The van der Waals surface area contributed by atoms with Crippen LogP contribution < -0.4 is 19.5 Å². The molecule has 26 heavy (non-hydrogen) atoms. The standard InChI is InChI=1S/C21H27NO4/c1-14(2)25-18-9-7-6-8-17(18)21(23)22-13-16-10-11-19(26-15(3)4)20(12-16)24-5/h6-12,14-15H,13H2,1-5H3,(H,22,23). The van der Waals surface area contributed by atoms with Crippen LogP contribution in [0.1, 0.15) is 43.6 Å². The average molecular weight is 357 g/mol. The molecule has 0 unspecified atom stereocenters. The Morgan fingerprint density at radius 3 is 2.23 bits per heavy atom. The largest absolute Gasteiger partial charge is 0.493 e. The number of rotatable bonds is 8. The SMILES string of the molecule is COc1cc(CNC(=O)c2ccccc2OC(C)C)ccc1OC(C)C. The quantitative estimate of drug-likeness (QED) is 0.769. The molecule has 0 radical (unpaired) electrons. The van der Waals surface area contributed by atoms with E-state index in [-0.39, 0.29) is 18.1 Å². The molecule has 2 aromatic rings. The third kappa shape index (κ3) is 5.41. The molecule has 2 aromatic carbocycles. The van der Waals surface area contributed by atoms with E-state index in [2.05, 4.69) is 5.32 Å². The van der Waals surface area contributed by atoms with Crippen LogP contribution in [0.15, 0.2) is 42.5 Å². The second-order valence-electron chi connectivity index (χ2n) is 6.50. The van der Waals surface area contributed by atoms with E-state index in [1.807, 2.05) is 58.0 Å². The van der Waals surface area contributed by atoms with Crippen molar-refractivity contribution in [3.05, 3.63) is 53.6 Å². The van der Waals surface area contributed by atoms with Gasteiger partial charge in [-0.15, -0.1) is 0 Å². The predicted molar refractivity (Wildman–Crippen MR) is 102 cm³/mol. The molecule has 0 atom stereocenters. The zero-order valence-corrected chi connectivity index (χ0v) is 16.0. The van der Waals surface area contributed by atoms with Gasteiger partial charge in [0.25, 0.3) is 5.91 Å². The number of carbonyl (C=O) groups is 1. The van der Waals surface area contributed by atoms with Crippen LogP contribution in [0.25, 0.3) is 0 Å². The van der Waals surface area contributed by atoms with E-state index < -0.39 is 0 Å². The van der Waals surface area contributed by atoms with Gasteiger partial charge in [-0.1, -0.05) is 18.2 Å². The van der Waals surface area contributed by atoms with Gasteiger partial charge in [-0.3, -0.25) is 4.79 Å². The molecule has 0 bridgehead atoms. The van der Waals surface area contributed by atoms with Crippen molar-refractivity contribution in [3.8, 4) is 17.2 Å². The van der Waals surface area contributed by atoms with Gasteiger partial charge < -0.3 is 19.5 Å². The summed E-state index contributed by atoms with van der Waals surface area (Å²) in [5, 5.41) is 2.93. The maximum atomic E-state index is 12.5. The lowest BCUT2D eigenvalue weighted by Gasteiger charge is -2.16. The van der Waals surface area contributed by atoms with Crippen molar-refractivity contribution >= 4 is 5.91 Å². The van der Waals surface area contributed by atoms with E-state index in [0.29, 0.717) is 29.4 Å². The zero-order chi connectivity index (χ0) is 19.1. The van der Waals surface area contributed by atoms with Crippen LogP contribution >= 0.6 is 0 Å². The monoisotopic (exact) mass is 357 g/mol. The lowest BCUT2D eigenvalue weighted by molar-refractivity contribution is 0.0945. The number of benzene rings is 2. The van der Waals surface area contributed by atoms with Crippen molar-refractivity contribution in [1.29, 1.82) is 0 Å². The van der Waals surface area contributed by atoms with Gasteiger partial charge in [0.15, 0.2) is 11.5 Å². The summed E-state index contributed by atoms with van der Waals surface area (Å²) in [6.07, 6.45) is 0.0635. The lowest BCUT2D eigenvalue weighted by atomic mass is 10.1. The number of hydrogen-bond acceptors (Lipinski definition) is 4. The molecule has 1 amide bonds. The second kappa shape index (κ2) is 9.13. The van der Waals surface area contributed by atoms with E-state index in [1.54, 1.807) is 19.2 Å². The summed E-state index contributed by atoms with van der Waals surface area (Å²) in [6.45, 7) is 8.17. The Bertz CT molecular complexity index is 741. The lowest BCUT2D eigenvalue weighted by Crippen LogP contribution is -2.24. The molecule has 140 valence electrons. The highest BCUT2D eigenvalue weighted by molar-refractivity contribution is 5.96. The van der Waals surface area contributed by atoms with Crippen molar-refractivity contribution in [2.24, 2.45) is 0 Å². The smallest absolute Gasteiger partial charge is 0.255 e. The molecule has 0 aliphatic rings. The van der Waals surface area contributed by atoms with Crippen molar-refractivity contribution in [1.82, 2.24) is 5.32 Å². The van der Waals surface area contributed by atoms with E-state index >= 15 is 0 Å². The van der Waals surface area contributed by atoms with E-state index in [1.165, 1.54) is 0 Å². The highest BCUT2D eigenvalue weighted by atomic mass is 16.5. The topological polar surface area (TPSA) is 56.8 Å². The highest BCUT2D eigenvalue weighted by Crippen LogP contribution is 2.29. The molecule has 0 saturated heterocycles. The second-order valence-corrected chi connectivity index (χ2v) is 6.50. The van der Waals surface area contributed by atoms with E-state index in [4.69, 9.17) is 14.2 Å². The summed E-state index contributed by atoms with van der Waals surface area (Å²) in [6, 6.07) is 12.9. The van der Waals surface area contributed by atoms with Crippen molar-refractivity contribution in [2.45, 2.75) is 46.4 Å². The predicted octanol–water partition coefficient (Wildman–Crippen LogP) is 4.20. The fourth-order valence-electron chi connectivity index (χ4n) is 2.46. The molecule has 0 heterocycles. The number of methoxy groups -OCH3 is 1.